The number of carboxylic acids is 1. The molecule has 2 rings (SSSR count). The summed E-state index contributed by atoms with van der Waals surface area (Å²) >= 11 is 0. The molecule has 0 unspecified atom stereocenters. The van der Waals surface area contributed by atoms with Crippen molar-refractivity contribution in [3.8, 4) is 11.5 Å². The Kier molecular flexibility index (Phi) is 4.45. The normalized spacial score (nSPS) is 12.8. The number of hydrogen-bond acceptors (Lipinski definition) is 4. The van der Waals surface area contributed by atoms with Gasteiger partial charge >= 0.3 is 5.97 Å². The van der Waals surface area contributed by atoms with Crippen LogP contribution in [0.2, 0.25) is 0 Å². The molecule has 6 nitrogen and oxygen atoms in total. The number of hydrogen-bond donors (Lipinski definition) is 1. The lowest BCUT2D eigenvalue weighted by Gasteiger charge is -2.20. The lowest BCUT2D eigenvalue weighted by Crippen LogP contribution is -2.28. The molecule has 0 atom stereocenters. The molecule has 0 spiro atoms. The number of fused-ring (bicyclic) bond motifs is 1. The van der Waals surface area contributed by atoms with Crippen molar-refractivity contribution in [2.75, 3.05) is 26.8 Å². The molecular formula is C14H17NO5. The summed E-state index contributed by atoms with van der Waals surface area (Å²) in [5, 5.41) is 8.58. The van der Waals surface area contributed by atoms with Crippen LogP contribution in [0.4, 0.5) is 0 Å². The van der Waals surface area contributed by atoms with Gasteiger partial charge in [0.25, 0.3) is 5.91 Å². The SMILES string of the molecule is CN(CCCC(=O)O)C(=O)c1ccc2c(c1)OCCO2. The Labute approximate surface area is 116 Å². The van der Waals surface area contributed by atoms with Crippen molar-refractivity contribution in [1.29, 1.82) is 0 Å². The summed E-state index contributed by atoms with van der Waals surface area (Å²) in [6, 6.07) is 5.06. The van der Waals surface area contributed by atoms with Crippen LogP contribution in [0.15, 0.2) is 18.2 Å². The Balaban J connectivity index is 1.99. The zero-order valence-electron chi connectivity index (χ0n) is 11.3. The second-order valence-electron chi connectivity index (χ2n) is 4.58. The maximum atomic E-state index is 12.2. The zero-order valence-corrected chi connectivity index (χ0v) is 11.3. The number of carboxylic acid groups (broad SMARTS) is 1. The highest BCUT2D eigenvalue weighted by atomic mass is 16.6. The molecule has 1 aromatic rings. The third kappa shape index (κ3) is 3.40. The van der Waals surface area contributed by atoms with Gasteiger partial charge in [0.2, 0.25) is 0 Å². The van der Waals surface area contributed by atoms with Crippen LogP contribution in [0, 0.1) is 0 Å². The fourth-order valence-corrected chi connectivity index (χ4v) is 1.97. The van der Waals surface area contributed by atoms with Crippen molar-refractivity contribution in [3.05, 3.63) is 23.8 Å². The molecule has 0 saturated heterocycles. The van der Waals surface area contributed by atoms with E-state index in [0.717, 1.165) is 0 Å². The van der Waals surface area contributed by atoms with E-state index in [0.29, 0.717) is 43.2 Å². The van der Waals surface area contributed by atoms with E-state index in [9.17, 15) is 9.59 Å². The van der Waals surface area contributed by atoms with Gasteiger partial charge in [-0.2, -0.15) is 0 Å². The lowest BCUT2D eigenvalue weighted by molar-refractivity contribution is -0.137. The van der Waals surface area contributed by atoms with E-state index in [-0.39, 0.29) is 12.3 Å². The van der Waals surface area contributed by atoms with Crippen molar-refractivity contribution in [2.45, 2.75) is 12.8 Å². The summed E-state index contributed by atoms with van der Waals surface area (Å²) in [4.78, 5) is 24.1. The molecule has 1 aliphatic rings. The summed E-state index contributed by atoms with van der Waals surface area (Å²) in [5.41, 5.74) is 0.507. The molecule has 1 amide bonds. The average Bonchev–Trinajstić information content (AvgIpc) is 2.45. The van der Waals surface area contributed by atoms with Crippen molar-refractivity contribution >= 4 is 11.9 Å². The first-order valence-electron chi connectivity index (χ1n) is 6.45. The fourth-order valence-electron chi connectivity index (χ4n) is 1.97. The third-order valence-electron chi connectivity index (χ3n) is 3.02. The number of aliphatic carboxylic acids is 1. The molecular weight excluding hydrogens is 262 g/mol. The number of carbonyl (C=O) groups excluding carboxylic acids is 1. The van der Waals surface area contributed by atoms with Crippen LogP contribution in [0.5, 0.6) is 11.5 Å². The quantitative estimate of drug-likeness (QED) is 0.881. The monoisotopic (exact) mass is 279 g/mol. The molecule has 0 bridgehead atoms. The van der Waals surface area contributed by atoms with Crippen LogP contribution < -0.4 is 9.47 Å². The van der Waals surface area contributed by atoms with E-state index >= 15 is 0 Å². The number of amides is 1. The number of nitrogens with zero attached hydrogens (tertiary/aromatic N) is 1. The largest absolute Gasteiger partial charge is 0.486 e. The van der Waals surface area contributed by atoms with E-state index < -0.39 is 5.97 Å². The third-order valence-corrected chi connectivity index (χ3v) is 3.02. The first-order valence-corrected chi connectivity index (χ1v) is 6.45. The Morgan fingerprint density at radius 3 is 2.65 bits per heavy atom. The number of rotatable bonds is 5. The molecule has 0 aromatic heterocycles. The van der Waals surface area contributed by atoms with E-state index in [1.54, 1.807) is 25.2 Å². The van der Waals surface area contributed by atoms with E-state index in [4.69, 9.17) is 14.6 Å². The fraction of sp³-hybridized carbons (Fsp3) is 0.429. The summed E-state index contributed by atoms with van der Waals surface area (Å²) < 4.78 is 10.8. The smallest absolute Gasteiger partial charge is 0.303 e. The van der Waals surface area contributed by atoms with E-state index in [1.165, 1.54) is 4.90 Å². The maximum absolute atomic E-state index is 12.2. The molecule has 1 heterocycles. The number of carbonyl (C=O) groups is 2. The van der Waals surface area contributed by atoms with E-state index in [2.05, 4.69) is 0 Å². The first-order chi connectivity index (χ1) is 9.58. The minimum atomic E-state index is -0.856. The second-order valence-corrected chi connectivity index (χ2v) is 4.58. The van der Waals surface area contributed by atoms with Crippen molar-refractivity contribution in [1.82, 2.24) is 4.90 Å². The summed E-state index contributed by atoms with van der Waals surface area (Å²) in [5.74, 6) is 0.194. The Morgan fingerprint density at radius 1 is 1.25 bits per heavy atom. The van der Waals surface area contributed by atoms with Crippen LogP contribution in [0.25, 0.3) is 0 Å². The summed E-state index contributed by atoms with van der Waals surface area (Å²) in [6.07, 6.45) is 0.487. The van der Waals surface area contributed by atoms with Gasteiger partial charge < -0.3 is 19.5 Å². The molecule has 0 aliphatic carbocycles. The Hall–Kier alpha value is -2.24. The van der Waals surface area contributed by atoms with Crippen LogP contribution in [0.1, 0.15) is 23.2 Å². The molecule has 0 fully saturated rings. The van der Waals surface area contributed by atoms with Crippen LogP contribution in [-0.4, -0.2) is 48.7 Å². The van der Waals surface area contributed by atoms with Gasteiger partial charge in [-0.3, -0.25) is 9.59 Å². The van der Waals surface area contributed by atoms with Gasteiger partial charge in [0.05, 0.1) is 0 Å². The van der Waals surface area contributed by atoms with Gasteiger partial charge in [0.1, 0.15) is 13.2 Å². The minimum Gasteiger partial charge on any atom is -0.486 e. The van der Waals surface area contributed by atoms with Crippen LogP contribution in [-0.2, 0) is 4.79 Å². The van der Waals surface area contributed by atoms with Gasteiger partial charge in [0.15, 0.2) is 11.5 Å². The second kappa shape index (κ2) is 6.27. The lowest BCUT2D eigenvalue weighted by atomic mass is 10.1. The zero-order chi connectivity index (χ0) is 14.5. The highest BCUT2D eigenvalue weighted by Gasteiger charge is 2.17. The van der Waals surface area contributed by atoms with Crippen molar-refractivity contribution in [3.63, 3.8) is 0 Å². The van der Waals surface area contributed by atoms with Gasteiger partial charge in [-0.1, -0.05) is 0 Å². The van der Waals surface area contributed by atoms with Gasteiger partial charge in [-0.15, -0.1) is 0 Å². The Bertz CT molecular complexity index is 514. The minimum absolute atomic E-state index is 0.0543. The standard InChI is InChI=1S/C14H17NO5/c1-15(6-2-3-13(16)17)14(18)10-4-5-11-12(9-10)20-8-7-19-11/h4-5,9H,2-3,6-8H2,1H3,(H,16,17). The molecule has 1 aliphatic heterocycles. The highest BCUT2D eigenvalue weighted by molar-refractivity contribution is 5.94. The summed E-state index contributed by atoms with van der Waals surface area (Å²) in [6.45, 7) is 1.38. The molecule has 20 heavy (non-hydrogen) atoms. The predicted octanol–water partition coefficient (Wildman–Crippen LogP) is 1.39. The number of ether oxygens (including phenoxy) is 2. The van der Waals surface area contributed by atoms with Crippen LogP contribution >= 0.6 is 0 Å². The summed E-state index contributed by atoms with van der Waals surface area (Å²) in [7, 11) is 1.65. The van der Waals surface area contributed by atoms with Gasteiger partial charge in [-0.05, 0) is 24.6 Å². The highest BCUT2D eigenvalue weighted by Crippen LogP contribution is 2.31. The van der Waals surface area contributed by atoms with Gasteiger partial charge in [0, 0.05) is 25.6 Å². The molecule has 1 N–H and O–H groups in total. The van der Waals surface area contributed by atoms with Crippen molar-refractivity contribution < 1.29 is 24.2 Å². The van der Waals surface area contributed by atoms with Gasteiger partial charge in [-0.25, -0.2) is 0 Å². The van der Waals surface area contributed by atoms with Crippen LogP contribution in [0.3, 0.4) is 0 Å². The van der Waals surface area contributed by atoms with E-state index in [1.807, 2.05) is 0 Å². The Morgan fingerprint density at radius 2 is 1.95 bits per heavy atom. The molecule has 0 radical (unpaired) electrons. The topological polar surface area (TPSA) is 76.1 Å². The molecule has 108 valence electrons. The average molecular weight is 279 g/mol. The number of benzene rings is 1. The molecule has 0 saturated carbocycles. The molecule has 1 aromatic carbocycles. The van der Waals surface area contributed by atoms with Crippen molar-refractivity contribution in [2.24, 2.45) is 0 Å². The molecule has 6 heteroatoms. The maximum Gasteiger partial charge on any atom is 0.303 e. The predicted molar refractivity (Wildman–Crippen MR) is 71.3 cm³/mol. The first kappa shape index (κ1) is 14.2.